The van der Waals surface area contributed by atoms with E-state index in [1.54, 1.807) is 0 Å². The van der Waals surface area contributed by atoms with Crippen LogP contribution in [0, 0.1) is 0 Å². The molecule has 1 aliphatic rings. The van der Waals surface area contributed by atoms with Gasteiger partial charge < -0.3 is 25.8 Å². The van der Waals surface area contributed by atoms with E-state index >= 15 is 0 Å². The number of rotatable bonds is 2. The fourth-order valence-corrected chi connectivity index (χ4v) is 2.17. The lowest BCUT2D eigenvalue weighted by atomic mass is 10.1. The van der Waals surface area contributed by atoms with Crippen molar-refractivity contribution in [3.05, 3.63) is 12.7 Å². The molecule has 0 amide bonds. The van der Waals surface area contributed by atoms with Crippen LogP contribution in [0.3, 0.4) is 0 Å². The van der Waals surface area contributed by atoms with Gasteiger partial charge in [-0.1, -0.05) is 0 Å². The molecule has 19 heavy (non-hydrogen) atoms. The van der Waals surface area contributed by atoms with Gasteiger partial charge in [0.1, 0.15) is 30.2 Å². The zero-order chi connectivity index (χ0) is 13.6. The van der Waals surface area contributed by atoms with Crippen molar-refractivity contribution in [1.29, 1.82) is 0 Å². The second-order valence-corrected chi connectivity index (χ2v) is 4.31. The third-order valence-electron chi connectivity index (χ3n) is 3.18. The average Bonchev–Trinajstić information content (AvgIpc) is 2.94. The second kappa shape index (κ2) is 4.38. The first-order chi connectivity index (χ1) is 9.13. The van der Waals surface area contributed by atoms with Gasteiger partial charge in [-0.3, -0.25) is 4.57 Å². The Morgan fingerprint density at radius 1 is 1.26 bits per heavy atom. The molecule has 1 fully saturated rings. The van der Waals surface area contributed by atoms with Crippen molar-refractivity contribution >= 4 is 17.0 Å². The molecule has 0 bridgehead atoms. The van der Waals surface area contributed by atoms with E-state index in [9.17, 15) is 10.2 Å². The second-order valence-electron chi connectivity index (χ2n) is 4.31. The summed E-state index contributed by atoms with van der Waals surface area (Å²) in [5.74, 6) is 0.218. The highest BCUT2D eigenvalue weighted by Crippen LogP contribution is 2.31. The molecule has 0 saturated carbocycles. The molecule has 9 nitrogen and oxygen atoms in total. The molecule has 0 radical (unpaired) electrons. The van der Waals surface area contributed by atoms with Gasteiger partial charge >= 0.3 is 0 Å². The predicted octanol–water partition coefficient (Wildman–Crippen LogP) is -1.98. The summed E-state index contributed by atoms with van der Waals surface area (Å²) in [4.78, 5) is 11.9. The smallest absolute Gasteiger partial charge is 0.167 e. The van der Waals surface area contributed by atoms with E-state index in [1.165, 1.54) is 17.2 Å². The zero-order valence-corrected chi connectivity index (χ0v) is 9.79. The van der Waals surface area contributed by atoms with E-state index in [4.69, 9.17) is 15.6 Å². The van der Waals surface area contributed by atoms with Gasteiger partial charge in [-0.2, -0.15) is 0 Å². The van der Waals surface area contributed by atoms with E-state index in [1.807, 2.05) is 0 Å². The van der Waals surface area contributed by atoms with Gasteiger partial charge in [-0.05, 0) is 0 Å². The lowest BCUT2D eigenvalue weighted by Crippen LogP contribution is -2.33. The van der Waals surface area contributed by atoms with E-state index in [0.717, 1.165) is 0 Å². The molecule has 0 aromatic carbocycles. The van der Waals surface area contributed by atoms with Gasteiger partial charge in [-0.15, -0.1) is 0 Å². The van der Waals surface area contributed by atoms with Gasteiger partial charge in [0, 0.05) is 0 Å². The number of aromatic nitrogens is 4. The summed E-state index contributed by atoms with van der Waals surface area (Å²) in [5.41, 5.74) is 6.44. The number of imidazole rings is 1. The fraction of sp³-hybridized carbons (Fsp3) is 0.500. The molecule has 1 saturated heterocycles. The first-order valence-corrected chi connectivity index (χ1v) is 5.69. The van der Waals surface area contributed by atoms with Crippen molar-refractivity contribution in [1.82, 2.24) is 19.5 Å². The summed E-state index contributed by atoms with van der Waals surface area (Å²) in [6.45, 7) is -0.390. The highest BCUT2D eigenvalue weighted by Gasteiger charge is 2.43. The maximum atomic E-state index is 9.95. The SMILES string of the molecule is Nc1ncnc2c1ncn2C1O[C@@H](CO)[C@H](O)[C@@H]1O. The van der Waals surface area contributed by atoms with Gasteiger partial charge in [-0.25, -0.2) is 15.0 Å². The summed E-state index contributed by atoms with van der Waals surface area (Å²) >= 11 is 0. The monoisotopic (exact) mass is 267 g/mol. The molecule has 0 spiro atoms. The van der Waals surface area contributed by atoms with Crippen molar-refractivity contribution in [2.24, 2.45) is 0 Å². The minimum Gasteiger partial charge on any atom is -0.394 e. The number of nitrogens with two attached hydrogens (primary N) is 1. The summed E-state index contributed by atoms with van der Waals surface area (Å²) in [6.07, 6.45) is -1.42. The Kier molecular flexibility index (Phi) is 2.82. The van der Waals surface area contributed by atoms with Crippen molar-refractivity contribution in [2.75, 3.05) is 12.3 Å². The van der Waals surface area contributed by atoms with Crippen LogP contribution in [0.2, 0.25) is 0 Å². The number of aliphatic hydroxyl groups is 3. The summed E-state index contributed by atoms with van der Waals surface area (Å²) in [5, 5.41) is 28.7. The first-order valence-electron chi connectivity index (χ1n) is 5.69. The van der Waals surface area contributed by atoms with Crippen LogP contribution in [-0.2, 0) is 4.74 Å². The van der Waals surface area contributed by atoms with E-state index < -0.39 is 31.1 Å². The van der Waals surface area contributed by atoms with Gasteiger partial charge in [0.05, 0.1) is 12.9 Å². The van der Waals surface area contributed by atoms with Crippen molar-refractivity contribution in [2.45, 2.75) is 24.5 Å². The Hall–Kier alpha value is -1.81. The number of nitrogens with zero attached hydrogens (tertiary/aromatic N) is 4. The Balaban J connectivity index is 2.04. The Bertz CT molecular complexity index is 603. The number of nitrogen functional groups attached to an aromatic ring is 1. The largest absolute Gasteiger partial charge is 0.394 e. The molecule has 1 unspecified atom stereocenters. The molecule has 102 valence electrons. The van der Waals surface area contributed by atoms with Crippen molar-refractivity contribution < 1.29 is 20.1 Å². The van der Waals surface area contributed by atoms with Crippen LogP contribution in [0.15, 0.2) is 12.7 Å². The zero-order valence-electron chi connectivity index (χ0n) is 9.79. The molecule has 9 heteroatoms. The Morgan fingerprint density at radius 3 is 2.74 bits per heavy atom. The van der Waals surface area contributed by atoms with Crippen LogP contribution in [0.4, 0.5) is 5.82 Å². The number of hydrogen-bond acceptors (Lipinski definition) is 8. The number of fused-ring (bicyclic) bond motifs is 1. The lowest BCUT2D eigenvalue weighted by molar-refractivity contribution is -0.0511. The molecule has 0 aliphatic carbocycles. The van der Waals surface area contributed by atoms with E-state index in [-0.39, 0.29) is 5.82 Å². The van der Waals surface area contributed by atoms with Gasteiger partial charge in [0.25, 0.3) is 0 Å². The number of ether oxygens (including phenoxy) is 1. The predicted molar refractivity (Wildman–Crippen MR) is 62.7 cm³/mol. The van der Waals surface area contributed by atoms with Crippen LogP contribution >= 0.6 is 0 Å². The normalized spacial score (nSPS) is 31.1. The van der Waals surface area contributed by atoms with E-state index in [0.29, 0.717) is 11.2 Å². The topological polar surface area (TPSA) is 140 Å². The first kappa shape index (κ1) is 12.2. The summed E-state index contributed by atoms with van der Waals surface area (Å²) < 4.78 is 6.85. The number of anilines is 1. The Morgan fingerprint density at radius 2 is 2.05 bits per heavy atom. The van der Waals surface area contributed by atoms with Crippen molar-refractivity contribution in [3.8, 4) is 0 Å². The van der Waals surface area contributed by atoms with Gasteiger partial charge in [0.15, 0.2) is 17.7 Å². The molecule has 2 aromatic heterocycles. The van der Waals surface area contributed by atoms with Crippen molar-refractivity contribution in [3.63, 3.8) is 0 Å². The minimum atomic E-state index is -1.19. The third kappa shape index (κ3) is 1.75. The maximum absolute atomic E-state index is 9.95. The molecule has 1 aliphatic heterocycles. The fourth-order valence-electron chi connectivity index (χ4n) is 2.17. The number of aliphatic hydroxyl groups excluding tert-OH is 3. The molecule has 3 rings (SSSR count). The molecule has 2 aromatic rings. The maximum Gasteiger partial charge on any atom is 0.167 e. The van der Waals surface area contributed by atoms with Crippen LogP contribution in [-0.4, -0.2) is 59.8 Å². The van der Waals surface area contributed by atoms with Crippen LogP contribution < -0.4 is 5.73 Å². The summed E-state index contributed by atoms with van der Waals surface area (Å²) in [6, 6.07) is 0. The molecule has 4 atom stereocenters. The third-order valence-corrected chi connectivity index (χ3v) is 3.18. The van der Waals surface area contributed by atoms with E-state index in [2.05, 4.69) is 15.0 Å². The standard InChI is InChI=1S/C10H13N5O4/c11-8-5-9(13-2-12-8)15(3-14-5)10-7(18)6(17)4(1-16)19-10/h2-4,6-7,10,16-18H,1H2,(H2,11,12,13)/t4-,6-,7-,10?/m0/s1. The summed E-state index contributed by atoms with van der Waals surface area (Å²) in [7, 11) is 0. The molecular weight excluding hydrogens is 254 g/mol. The number of hydrogen-bond donors (Lipinski definition) is 4. The average molecular weight is 267 g/mol. The van der Waals surface area contributed by atoms with Crippen LogP contribution in [0.1, 0.15) is 6.23 Å². The Labute approximate surface area is 107 Å². The highest BCUT2D eigenvalue weighted by atomic mass is 16.6. The van der Waals surface area contributed by atoms with Crippen LogP contribution in [0.25, 0.3) is 11.2 Å². The van der Waals surface area contributed by atoms with Gasteiger partial charge in [0.2, 0.25) is 0 Å². The lowest BCUT2D eigenvalue weighted by Gasteiger charge is -2.16. The quantitative estimate of drug-likeness (QED) is 0.491. The molecule has 5 N–H and O–H groups in total. The van der Waals surface area contributed by atoms with Crippen LogP contribution in [0.5, 0.6) is 0 Å². The minimum absolute atomic E-state index is 0.218. The highest BCUT2D eigenvalue weighted by molar-refractivity contribution is 5.81. The molecule has 3 heterocycles. The molecular formula is C10H13N5O4.